The summed E-state index contributed by atoms with van der Waals surface area (Å²) in [6.07, 6.45) is 0.724. The third-order valence-electron chi connectivity index (χ3n) is 3.07. The molecular formula is C12H14BrNO2. The van der Waals surface area contributed by atoms with Crippen LogP contribution >= 0.6 is 15.9 Å². The van der Waals surface area contributed by atoms with Crippen LogP contribution in [0, 0.1) is 0 Å². The van der Waals surface area contributed by atoms with Crippen molar-refractivity contribution in [1.29, 1.82) is 0 Å². The number of nitrogens with one attached hydrogen (secondary N) is 1. The van der Waals surface area contributed by atoms with Crippen molar-refractivity contribution in [3.8, 4) is 0 Å². The third-order valence-corrected chi connectivity index (χ3v) is 3.56. The van der Waals surface area contributed by atoms with Crippen LogP contribution in [0.1, 0.15) is 30.4 Å². The van der Waals surface area contributed by atoms with Gasteiger partial charge < -0.3 is 10.4 Å². The summed E-state index contributed by atoms with van der Waals surface area (Å²) in [7, 11) is 0. The lowest BCUT2D eigenvalue weighted by Gasteiger charge is -2.29. The van der Waals surface area contributed by atoms with Crippen LogP contribution in [0.4, 0.5) is 4.79 Å². The molecule has 1 aromatic carbocycles. The average molecular weight is 284 g/mol. The minimum Gasteiger partial charge on any atom is -0.465 e. The highest BCUT2D eigenvalue weighted by Crippen LogP contribution is 2.32. The van der Waals surface area contributed by atoms with E-state index in [1.807, 2.05) is 6.07 Å². The molecule has 0 aromatic heterocycles. The fraction of sp³-hybridized carbons (Fsp3) is 0.417. The third kappa shape index (κ3) is 2.38. The topological polar surface area (TPSA) is 49.3 Å². The monoisotopic (exact) mass is 283 g/mol. The number of fused-ring (bicyclic) bond motifs is 1. The minimum atomic E-state index is -0.935. The van der Waals surface area contributed by atoms with Crippen molar-refractivity contribution >= 4 is 22.0 Å². The Labute approximate surface area is 103 Å². The molecule has 1 aliphatic carbocycles. The van der Waals surface area contributed by atoms with Gasteiger partial charge in [-0.2, -0.15) is 0 Å². The summed E-state index contributed by atoms with van der Waals surface area (Å²) in [6, 6.07) is 6.29. The molecule has 0 bridgehead atoms. The van der Waals surface area contributed by atoms with Crippen LogP contribution in [0.15, 0.2) is 22.7 Å². The zero-order valence-electron chi connectivity index (χ0n) is 9.03. The predicted molar refractivity (Wildman–Crippen MR) is 65.8 cm³/mol. The summed E-state index contributed by atoms with van der Waals surface area (Å²) in [6.45, 7) is 2.14. The zero-order valence-corrected chi connectivity index (χ0v) is 10.6. The number of amides is 1. The van der Waals surface area contributed by atoms with E-state index in [4.69, 9.17) is 5.11 Å². The molecule has 0 aliphatic heterocycles. The zero-order chi connectivity index (χ0) is 11.7. The quantitative estimate of drug-likeness (QED) is 0.832. The van der Waals surface area contributed by atoms with Gasteiger partial charge in [0.05, 0.1) is 0 Å². The van der Waals surface area contributed by atoms with Crippen molar-refractivity contribution < 1.29 is 9.90 Å². The summed E-state index contributed by atoms with van der Waals surface area (Å²) in [5, 5.41) is 11.3. The Bertz CT molecular complexity index is 419. The van der Waals surface area contributed by atoms with Crippen molar-refractivity contribution in [2.75, 3.05) is 0 Å². The first kappa shape index (κ1) is 11.5. The molecule has 1 aliphatic rings. The lowest BCUT2D eigenvalue weighted by atomic mass is 9.81. The number of rotatable bonds is 1. The van der Waals surface area contributed by atoms with Gasteiger partial charge in [-0.05, 0) is 42.0 Å². The Morgan fingerprint density at radius 1 is 1.56 bits per heavy atom. The molecule has 16 heavy (non-hydrogen) atoms. The molecule has 0 spiro atoms. The first-order valence-electron chi connectivity index (χ1n) is 5.34. The summed E-state index contributed by atoms with van der Waals surface area (Å²) >= 11 is 3.44. The molecule has 4 heteroatoms. The van der Waals surface area contributed by atoms with Crippen LogP contribution in [-0.4, -0.2) is 17.2 Å². The predicted octanol–water partition coefficient (Wildman–Crippen LogP) is 3.14. The first-order valence-corrected chi connectivity index (χ1v) is 6.13. The number of carbonyl (C=O) groups is 1. The average Bonchev–Trinajstić information content (AvgIpc) is 2.15. The molecule has 2 rings (SSSR count). The SMILES string of the molecule is CC1C[C@@H](NC(=O)O)Cc2cc(Br)ccc21. The van der Waals surface area contributed by atoms with E-state index in [1.165, 1.54) is 11.1 Å². The second-order valence-electron chi connectivity index (χ2n) is 4.33. The Hall–Kier alpha value is -1.03. The molecule has 0 saturated carbocycles. The Morgan fingerprint density at radius 2 is 2.31 bits per heavy atom. The van der Waals surface area contributed by atoms with E-state index >= 15 is 0 Å². The largest absolute Gasteiger partial charge is 0.465 e. The van der Waals surface area contributed by atoms with Crippen molar-refractivity contribution in [3.05, 3.63) is 33.8 Å². The number of carboxylic acid groups (broad SMARTS) is 1. The molecule has 1 aromatic rings. The van der Waals surface area contributed by atoms with E-state index in [0.717, 1.165) is 17.3 Å². The van der Waals surface area contributed by atoms with Gasteiger partial charge in [0, 0.05) is 10.5 Å². The van der Waals surface area contributed by atoms with Crippen LogP contribution in [0.25, 0.3) is 0 Å². The van der Waals surface area contributed by atoms with Gasteiger partial charge in [0.2, 0.25) is 0 Å². The molecule has 2 N–H and O–H groups in total. The number of benzene rings is 1. The molecule has 1 unspecified atom stereocenters. The van der Waals surface area contributed by atoms with Crippen LogP contribution in [0.2, 0.25) is 0 Å². The summed E-state index contributed by atoms with van der Waals surface area (Å²) in [5.74, 6) is 0.411. The Balaban J connectivity index is 2.24. The summed E-state index contributed by atoms with van der Waals surface area (Å²) < 4.78 is 1.05. The van der Waals surface area contributed by atoms with Gasteiger partial charge >= 0.3 is 6.09 Å². The van der Waals surface area contributed by atoms with Crippen molar-refractivity contribution in [2.45, 2.75) is 31.7 Å². The van der Waals surface area contributed by atoms with Crippen molar-refractivity contribution in [1.82, 2.24) is 5.32 Å². The van der Waals surface area contributed by atoms with E-state index in [1.54, 1.807) is 0 Å². The molecule has 0 radical (unpaired) electrons. The van der Waals surface area contributed by atoms with Gasteiger partial charge in [0.15, 0.2) is 0 Å². The molecule has 86 valence electrons. The summed E-state index contributed by atoms with van der Waals surface area (Å²) in [5.41, 5.74) is 2.58. The molecule has 1 amide bonds. The van der Waals surface area contributed by atoms with Crippen LogP contribution < -0.4 is 5.32 Å². The van der Waals surface area contributed by atoms with E-state index in [9.17, 15) is 4.79 Å². The molecule has 3 nitrogen and oxygen atoms in total. The Kier molecular flexibility index (Phi) is 3.19. The summed E-state index contributed by atoms with van der Waals surface area (Å²) in [4.78, 5) is 10.6. The van der Waals surface area contributed by atoms with Crippen molar-refractivity contribution in [3.63, 3.8) is 0 Å². The molecule has 0 fully saturated rings. The molecular weight excluding hydrogens is 270 g/mol. The first-order chi connectivity index (χ1) is 7.56. The highest BCUT2D eigenvalue weighted by molar-refractivity contribution is 9.10. The van der Waals surface area contributed by atoms with E-state index < -0.39 is 6.09 Å². The lowest BCUT2D eigenvalue weighted by Crippen LogP contribution is -2.38. The van der Waals surface area contributed by atoms with Gasteiger partial charge in [-0.3, -0.25) is 0 Å². The maximum atomic E-state index is 10.6. The lowest BCUT2D eigenvalue weighted by molar-refractivity contribution is 0.188. The number of hydrogen-bond acceptors (Lipinski definition) is 1. The maximum absolute atomic E-state index is 10.6. The highest BCUT2D eigenvalue weighted by atomic mass is 79.9. The van der Waals surface area contributed by atoms with E-state index in [2.05, 4.69) is 40.3 Å². The van der Waals surface area contributed by atoms with Gasteiger partial charge in [0.1, 0.15) is 0 Å². The minimum absolute atomic E-state index is 0.0364. The van der Waals surface area contributed by atoms with Crippen molar-refractivity contribution in [2.24, 2.45) is 0 Å². The van der Waals surface area contributed by atoms with Gasteiger partial charge in [0.25, 0.3) is 0 Å². The number of halogens is 1. The molecule has 0 saturated heterocycles. The normalized spacial score (nSPS) is 23.6. The fourth-order valence-corrected chi connectivity index (χ4v) is 2.83. The molecule has 0 heterocycles. The van der Waals surface area contributed by atoms with E-state index in [-0.39, 0.29) is 6.04 Å². The highest BCUT2D eigenvalue weighted by Gasteiger charge is 2.25. The van der Waals surface area contributed by atoms with Gasteiger partial charge in [-0.25, -0.2) is 4.79 Å². The van der Waals surface area contributed by atoms with Gasteiger partial charge in [-0.1, -0.05) is 28.9 Å². The number of hydrogen-bond donors (Lipinski definition) is 2. The second-order valence-corrected chi connectivity index (χ2v) is 5.25. The van der Waals surface area contributed by atoms with Crippen LogP contribution in [-0.2, 0) is 6.42 Å². The van der Waals surface area contributed by atoms with Crippen LogP contribution in [0.5, 0.6) is 0 Å². The second kappa shape index (κ2) is 4.45. The Morgan fingerprint density at radius 3 is 3.00 bits per heavy atom. The van der Waals surface area contributed by atoms with Gasteiger partial charge in [-0.15, -0.1) is 0 Å². The molecule has 2 atom stereocenters. The standard InChI is InChI=1S/C12H14BrNO2/c1-7-4-10(14-12(15)16)6-8-5-9(13)2-3-11(7)8/h2-3,5,7,10,14H,4,6H2,1H3,(H,15,16)/t7?,10-/m1/s1. The fourth-order valence-electron chi connectivity index (χ4n) is 2.42. The van der Waals surface area contributed by atoms with E-state index in [0.29, 0.717) is 5.92 Å². The maximum Gasteiger partial charge on any atom is 0.404 e. The van der Waals surface area contributed by atoms with Crippen LogP contribution in [0.3, 0.4) is 0 Å². The smallest absolute Gasteiger partial charge is 0.404 e.